The van der Waals surface area contributed by atoms with Crippen LogP contribution in [0.1, 0.15) is 18.4 Å². The third-order valence-electron chi connectivity index (χ3n) is 3.01. The van der Waals surface area contributed by atoms with Gasteiger partial charge in [-0.05, 0) is 55.0 Å². The highest BCUT2D eigenvalue weighted by Gasteiger charge is 2.13. The fourth-order valence-corrected chi connectivity index (χ4v) is 3.62. The maximum atomic E-state index is 13.5. The lowest BCUT2D eigenvalue weighted by Gasteiger charge is -2.21. The first-order valence-corrected chi connectivity index (χ1v) is 7.93. The third-order valence-corrected chi connectivity index (χ3v) is 4.79. The number of thioether (sulfide) groups is 1. The molecule has 1 aromatic rings. The summed E-state index contributed by atoms with van der Waals surface area (Å²) < 4.78 is 14.4. The van der Waals surface area contributed by atoms with Crippen LogP contribution in [0.5, 0.6) is 0 Å². The zero-order chi connectivity index (χ0) is 12.1. The molecule has 0 bridgehead atoms. The molecule has 0 radical (unpaired) electrons. The van der Waals surface area contributed by atoms with E-state index in [2.05, 4.69) is 21.2 Å². The molecular formula is C13H17BrFNS. The van der Waals surface area contributed by atoms with E-state index < -0.39 is 0 Å². The minimum Gasteiger partial charge on any atom is -0.312 e. The van der Waals surface area contributed by atoms with Crippen molar-refractivity contribution in [3.63, 3.8) is 0 Å². The van der Waals surface area contributed by atoms with Crippen LogP contribution in [0.25, 0.3) is 0 Å². The summed E-state index contributed by atoms with van der Waals surface area (Å²) in [6.45, 7) is 1.62. The van der Waals surface area contributed by atoms with E-state index in [0.717, 1.165) is 22.5 Å². The van der Waals surface area contributed by atoms with Gasteiger partial charge in [0, 0.05) is 16.6 Å². The van der Waals surface area contributed by atoms with Crippen molar-refractivity contribution in [2.24, 2.45) is 5.92 Å². The summed E-state index contributed by atoms with van der Waals surface area (Å²) >= 11 is 5.40. The highest BCUT2D eigenvalue weighted by molar-refractivity contribution is 9.10. The van der Waals surface area contributed by atoms with Gasteiger partial charge in [0.1, 0.15) is 5.82 Å². The summed E-state index contributed by atoms with van der Waals surface area (Å²) in [7, 11) is 0. The van der Waals surface area contributed by atoms with Crippen molar-refractivity contribution >= 4 is 27.7 Å². The van der Waals surface area contributed by atoms with E-state index in [0.29, 0.717) is 6.54 Å². The Hall–Kier alpha value is -0.0600. The van der Waals surface area contributed by atoms with Crippen molar-refractivity contribution in [1.82, 2.24) is 5.32 Å². The van der Waals surface area contributed by atoms with Crippen LogP contribution >= 0.6 is 27.7 Å². The molecule has 94 valence electrons. The number of hydrogen-bond donors (Lipinski definition) is 1. The molecule has 0 aromatic heterocycles. The number of nitrogens with one attached hydrogen (secondary N) is 1. The minimum absolute atomic E-state index is 0.126. The first-order chi connectivity index (χ1) is 8.25. The van der Waals surface area contributed by atoms with E-state index in [4.69, 9.17) is 0 Å². The van der Waals surface area contributed by atoms with E-state index in [-0.39, 0.29) is 5.82 Å². The van der Waals surface area contributed by atoms with Crippen molar-refractivity contribution in [3.8, 4) is 0 Å². The van der Waals surface area contributed by atoms with E-state index in [9.17, 15) is 4.39 Å². The molecule has 2 rings (SSSR count). The van der Waals surface area contributed by atoms with Crippen molar-refractivity contribution in [3.05, 3.63) is 34.1 Å². The number of halogens is 2. The lowest BCUT2D eigenvalue weighted by atomic mass is 10.1. The van der Waals surface area contributed by atoms with Crippen molar-refractivity contribution < 1.29 is 4.39 Å². The van der Waals surface area contributed by atoms with Crippen LogP contribution in [0.2, 0.25) is 0 Å². The predicted octanol–water partition coefficient (Wildman–Crippen LogP) is 3.82. The molecule has 1 nitrogen and oxygen atoms in total. The smallest absolute Gasteiger partial charge is 0.127 e. The molecule has 0 amide bonds. The van der Waals surface area contributed by atoms with Gasteiger partial charge >= 0.3 is 0 Å². The highest BCUT2D eigenvalue weighted by atomic mass is 79.9. The Morgan fingerprint density at radius 1 is 1.47 bits per heavy atom. The zero-order valence-electron chi connectivity index (χ0n) is 9.72. The summed E-state index contributed by atoms with van der Waals surface area (Å²) in [5.74, 6) is 3.17. The van der Waals surface area contributed by atoms with Gasteiger partial charge in [0.15, 0.2) is 0 Å². The fourth-order valence-electron chi connectivity index (χ4n) is 2.06. The fraction of sp³-hybridized carbons (Fsp3) is 0.538. The standard InChI is InChI=1S/C13H17BrFNS/c14-12-3-4-13(15)11(6-12)8-16-7-10-2-1-5-17-9-10/h3-4,6,10,16H,1-2,5,7-9H2. The van der Waals surface area contributed by atoms with Crippen LogP contribution < -0.4 is 5.32 Å². The van der Waals surface area contributed by atoms with Gasteiger partial charge in [-0.3, -0.25) is 0 Å². The van der Waals surface area contributed by atoms with Gasteiger partial charge in [-0.2, -0.15) is 11.8 Å². The third kappa shape index (κ3) is 4.27. The normalized spacial score (nSPS) is 20.5. The Labute approximate surface area is 115 Å². The molecule has 1 atom stereocenters. The second-order valence-corrected chi connectivity index (χ2v) is 6.52. The molecule has 1 N–H and O–H groups in total. The number of benzene rings is 1. The quantitative estimate of drug-likeness (QED) is 0.906. The Kier molecular flexibility index (Phi) is 5.32. The SMILES string of the molecule is Fc1ccc(Br)cc1CNCC1CCCSC1. The molecule has 1 fully saturated rings. The predicted molar refractivity (Wildman–Crippen MR) is 75.9 cm³/mol. The Balaban J connectivity index is 1.79. The molecule has 0 saturated carbocycles. The number of hydrogen-bond acceptors (Lipinski definition) is 2. The molecular weight excluding hydrogens is 301 g/mol. The van der Waals surface area contributed by atoms with Gasteiger partial charge in [0.05, 0.1) is 0 Å². The second-order valence-electron chi connectivity index (χ2n) is 4.45. The summed E-state index contributed by atoms with van der Waals surface area (Å²) in [5.41, 5.74) is 0.739. The van der Waals surface area contributed by atoms with Gasteiger partial charge in [0.25, 0.3) is 0 Å². The molecule has 4 heteroatoms. The van der Waals surface area contributed by atoms with Crippen LogP contribution in [0.3, 0.4) is 0 Å². The average Bonchev–Trinajstić information content (AvgIpc) is 2.35. The molecule has 0 aliphatic carbocycles. The molecule has 1 saturated heterocycles. The Morgan fingerprint density at radius 2 is 2.35 bits per heavy atom. The lowest BCUT2D eigenvalue weighted by Crippen LogP contribution is -2.26. The molecule has 1 aromatic carbocycles. The van der Waals surface area contributed by atoms with Gasteiger partial charge in [0.2, 0.25) is 0 Å². The van der Waals surface area contributed by atoms with E-state index in [1.807, 2.05) is 17.8 Å². The molecule has 1 aliphatic rings. The lowest BCUT2D eigenvalue weighted by molar-refractivity contribution is 0.470. The summed E-state index contributed by atoms with van der Waals surface area (Å²) in [4.78, 5) is 0. The molecule has 17 heavy (non-hydrogen) atoms. The van der Waals surface area contributed by atoms with Crippen LogP contribution in [0, 0.1) is 11.7 Å². The Morgan fingerprint density at radius 3 is 3.12 bits per heavy atom. The highest BCUT2D eigenvalue weighted by Crippen LogP contribution is 2.22. The average molecular weight is 318 g/mol. The maximum absolute atomic E-state index is 13.5. The number of rotatable bonds is 4. The van der Waals surface area contributed by atoms with Crippen LogP contribution in [-0.4, -0.2) is 18.1 Å². The van der Waals surface area contributed by atoms with Gasteiger partial charge in [-0.25, -0.2) is 4.39 Å². The van der Waals surface area contributed by atoms with E-state index >= 15 is 0 Å². The first-order valence-electron chi connectivity index (χ1n) is 5.98. The molecule has 1 unspecified atom stereocenters. The maximum Gasteiger partial charge on any atom is 0.127 e. The van der Waals surface area contributed by atoms with Gasteiger partial charge in [-0.1, -0.05) is 15.9 Å². The first kappa shape index (κ1) is 13.4. The van der Waals surface area contributed by atoms with Gasteiger partial charge < -0.3 is 5.32 Å². The summed E-state index contributed by atoms with van der Waals surface area (Å²) in [6, 6.07) is 5.09. The van der Waals surface area contributed by atoms with E-state index in [1.54, 1.807) is 6.07 Å². The largest absolute Gasteiger partial charge is 0.312 e. The van der Waals surface area contributed by atoms with Crippen molar-refractivity contribution in [2.45, 2.75) is 19.4 Å². The second kappa shape index (κ2) is 6.76. The topological polar surface area (TPSA) is 12.0 Å². The van der Waals surface area contributed by atoms with Crippen LogP contribution in [0.4, 0.5) is 4.39 Å². The van der Waals surface area contributed by atoms with Crippen LogP contribution in [-0.2, 0) is 6.54 Å². The van der Waals surface area contributed by atoms with Crippen molar-refractivity contribution in [2.75, 3.05) is 18.1 Å². The molecule has 1 aliphatic heterocycles. The summed E-state index contributed by atoms with van der Waals surface area (Å²) in [6.07, 6.45) is 2.63. The van der Waals surface area contributed by atoms with E-state index in [1.165, 1.54) is 30.4 Å². The minimum atomic E-state index is -0.126. The monoisotopic (exact) mass is 317 g/mol. The van der Waals surface area contributed by atoms with Gasteiger partial charge in [-0.15, -0.1) is 0 Å². The van der Waals surface area contributed by atoms with Crippen LogP contribution in [0.15, 0.2) is 22.7 Å². The summed E-state index contributed by atoms with van der Waals surface area (Å²) in [5, 5.41) is 3.37. The molecule has 0 spiro atoms. The molecule has 1 heterocycles. The Bertz CT molecular complexity index is 366. The zero-order valence-corrected chi connectivity index (χ0v) is 12.1. The van der Waals surface area contributed by atoms with Crippen molar-refractivity contribution in [1.29, 1.82) is 0 Å².